The molecule has 0 amide bonds. The third-order valence-electron chi connectivity index (χ3n) is 2.73. The topological polar surface area (TPSA) is 55.4 Å². The van der Waals surface area contributed by atoms with Crippen molar-refractivity contribution < 1.29 is 13.2 Å². The summed E-state index contributed by atoms with van der Waals surface area (Å²) in [6.45, 7) is 2.02. The van der Waals surface area contributed by atoms with Gasteiger partial charge in [-0.25, -0.2) is 8.42 Å². The zero-order valence-corrected chi connectivity index (χ0v) is 13.7. The highest BCUT2D eigenvalue weighted by molar-refractivity contribution is 7.99. The van der Waals surface area contributed by atoms with E-state index in [4.69, 9.17) is 4.74 Å². The maximum absolute atomic E-state index is 11.5. The van der Waals surface area contributed by atoms with Crippen LogP contribution in [-0.2, 0) is 10.0 Å². The zero-order chi connectivity index (χ0) is 15.5. The van der Waals surface area contributed by atoms with Crippen molar-refractivity contribution in [3.63, 3.8) is 0 Å². The summed E-state index contributed by atoms with van der Waals surface area (Å²) in [5.41, 5.74) is 1.73. The number of benzene rings is 2. The van der Waals surface area contributed by atoms with Crippen molar-refractivity contribution >= 4 is 27.5 Å². The largest absolute Gasteiger partial charge is 0.497 e. The molecule has 1 N–H and O–H groups in total. The minimum Gasteiger partial charge on any atom is -0.497 e. The van der Waals surface area contributed by atoms with Gasteiger partial charge in [0, 0.05) is 9.79 Å². The molecule has 21 heavy (non-hydrogen) atoms. The highest BCUT2D eigenvalue weighted by atomic mass is 32.2. The smallest absolute Gasteiger partial charge is 0.229 e. The first-order valence-electron chi connectivity index (χ1n) is 6.28. The van der Waals surface area contributed by atoms with Crippen LogP contribution in [-0.4, -0.2) is 21.8 Å². The summed E-state index contributed by atoms with van der Waals surface area (Å²) in [5.74, 6) is 0.684. The summed E-state index contributed by atoms with van der Waals surface area (Å²) >= 11 is 1.49. The van der Waals surface area contributed by atoms with Gasteiger partial charge in [0.05, 0.1) is 19.1 Å². The summed E-state index contributed by atoms with van der Waals surface area (Å²) in [4.78, 5) is 1.83. The third-order valence-corrected chi connectivity index (χ3v) is 4.39. The minimum absolute atomic E-state index is 0.545. The second-order valence-electron chi connectivity index (χ2n) is 4.65. The van der Waals surface area contributed by atoms with Crippen molar-refractivity contribution in [1.29, 1.82) is 0 Å². The predicted octanol–water partition coefficient (Wildman–Crippen LogP) is 3.53. The molecule has 0 saturated heterocycles. The highest BCUT2D eigenvalue weighted by Gasteiger charge is 2.10. The van der Waals surface area contributed by atoms with E-state index in [0.717, 1.165) is 16.0 Å². The van der Waals surface area contributed by atoms with Gasteiger partial charge >= 0.3 is 0 Å². The fourth-order valence-electron chi connectivity index (χ4n) is 1.73. The van der Waals surface area contributed by atoms with Crippen LogP contribution < -0.4 is 9.46 Å². The highest BCUT2D eigenvalue weighted by Crippen LogP contribution is 2.36. The molecule has 2 rings (SSSR count). The van der Waals surface area contributed by atoms with Crippen LogP contribution in [0.15, 0.2) is 52.3 Å². The van der Waals surface area contributed by atoms with E-state index in [2.05, 4.69) is 4.72 Å². The van der Waals surface area contributed by atoms with Crippen LogP contribution in [0.4, 0.5) is 5.69 Å². The first-order chi connectivity index (χ1) is 9.87. The molecule has 0 aliphatic heterocycles. The summed E-state index contributed by atoms with van der Waals surface area (Å²) in [6.07, 6.45) is 1.14. The lowest BCUT2D eigenvalue weighted by atomic mass is 10.2. The Hall–Kier alpha value is -1.66. The molecule has 0 aliphatic carbocycles. The molecule has 0 radical (unpaired) electrons. The lowest BCUT2D eigenvalue weighted by molar-refractivity contribution is 0.414. The van der Waals surface area contributed by atoms with Gasteiger partial charge in [-0.1, -0.05) is 29.5 Å². The fourth-order valence-corrected chi connectivity index (χ4v) is 3.30. The molecule has 0 fully saturated rings. The molecule has 0 aliphatic rings. The van der Waals surface area contributed by atoms with Gasteiger partial charge in [0.15, 0.2) is 0 Å². The monoisotopic (exact) mass is 323 g/mol. The van der Waals surface area contributed by atoms with E-state index in [-0.39, 0.29) is 0 Å². The Kier molecular flexibility index (Phi) is 4.80. The van der Waals surface area contributed by atoms with Crippen molar-refractivity contribution in [2.45, 2.75) is 16.7 Å². The quantitative estimate of drug-likeness (QED) is 0.914. The lowest BCUT2D eigenvalue weighted by Gasteiger charge is -2.12. The van der Waals surface area contributed by atoms with Gasteiger partial charge in [0.25, 0.3) is 0 Å². The van der Waals surface area contributed by atoms with E-state index in [1.165, 1.54) is 17.3 Å². The lowest BCUT2D eigenvalue weighted by Crippen LogP contribution is -2.10. The SMILES string of the molecule is COc1ccc(NS(C)(=O)=O)c(Sc2ccc(C)cc2)c1. The van der Waals surface area contributed by atoms with Crippen LogP contribution in [0.5, 0.6) is 5.75 Å². The first kappa shape index (κ1) is 15.7. The molecule has 2 aromatic carbocycles. The van der Waals surface area contributed by atoms with E-state index in [9.17, 15) is 8.42 Å². The Balaban J connectivity index is 2.36. The van der Waals surface area contributed by atoms with E-state index in [1.54, 1.807) is 19.2 Å². The number of rotatable bonds is 5. The predicted molar refractivity (Wildman–Crippen MR) is 86.8 cm³/mol. The number of ether oxygens (including phenoxy) is 1. The molecule has 0 aromatic heterocycles. The van der Waals surface area contributed by atoms with Crippen LogP contribution in [0.25, 0.3) is 0 Å². The normalized spacial score (nSPS) is 11.2. The second kappa shape index (κ2) is 6.41. The van der Waals surface area contributed by atoms with Gasteiger partial charge in [-0.2, -0.15) is 0 Å². The van der Waals surface area contributed by atoms with Gasteiger partial charge < -0.3 is 4.74 Å². The molecular weight excluding hydrogens is 306 g/mol. The first-order valence-corrected chi connectivity index (χ1v) is 8.98. The zero-order valence-electron chi connectivity index (χ0n) is 12.1. The van der Waals surface area contributed by atoms with Crippen LogP contribution in [0, 0.1) is 6.92 Å². The Morgan fingerprint density at radius 2 is 1.76 bits per heavy atom. The summed E-state index contributed by atoms with van der Waals surface area (Å²) in [5, 5.41) is 0. The molecule has 6 heteroatoms. The molecule has 0 spiro atoms. The van der Waals surface area contributed by atoms with E-state index >= 15 is 0 Å². The van der Waals surface area contributed by atoms with Crippen molar-refractivity contribution in [3.05, 3.63) is 48.0 Å². The Morgan fingerprint density at radius 3 is 2.33 bits per heavy atom. The van der Waals surface area contributed by atoms with Crippen molar-refractivity contribution in [3.8, 4) is 5.75 Å². The molecule has 0 atom stereocenters. The molecule has 0 bridgehead atoms. The fraction of sp³-hybridized carbons (Fsp3) is 0.200. The minimum atomic E-state index is -3.32. The molecular formula is C15H17NO3S2. The van der Waals surface area contributed by atoms with Crippen molar-refractivity contribution in [2.24, 2.45) is 0 Å². The van der Waals surface area contributed by atoms with Crippen LogP contribution in [0.3, 0.4) is 0 Å². The number of aryl methyl sites for hydroxylation is 1. The van der Waals surface area contributed by atoms with Gasteiger partial charge in [0.1, 0.15) is 5.75 Å². The van der Waals surface area contributed by atoms with Crippen molar-refractivity contribution in [1.82, 2.24) is 0 Å². The Labute approximate surface area is 129 Å². The second-order valence-corrected chi connectivity index (χ2v) is 7.52. The van der Waals surface area contributed by atoms with E-state index < -0.39 is 10.0 Å². The van der Waals surface area contributed by atoms with E-state index in [1.807, 2.05) is 37.3 Å². The molecule has 2 aromatic rings. The summed E-state index contributed by atoms with van der Waals surface area (Å²) in [7, 11) is -1.74. The molecule has 0 heterocycles. The van der Waals surface area contributed by atoms with Crippen LogP contribution in [0.1, 0.15) is 5.56 Å². The van der Waals surface area contributed by atoms with Gasteiger partial charge in [0.2, 0.25) is 10.0 Å². The molecule has 112 valence electrons. The number of methoxy groups -OCH3 is 1. The maximum atomic E-state index is 11.5. The van der Waals surface area contributed by atoms with Crippen LogP contribution in [0.2, 0.25) is 0 Å². The average molecular weight is 323 g/mol. The van der Waals surface area contributed by atoms with Gasteiger partial charge in [-0.05, 0) is 37.3 Å². The van der Waals surface area contributed by atoms with Crippen LogP contribution >= 0.6 is 11.8 Å². The Morgan fingerprint density at radius 1 is 1.10 bits per heavy atom. The number of nitrogens with one attached hydrogen (secondary N) is 1. The van der Waals surface area contributed by atoms with Gasteiger partial charge in [-0.3, -0.25) is 4.72 Å². The number of sulfonamides is 1. The molecule has 0 unspecified atom stereocenters. The maximum Gasteiger partial charge on any atom is 0.229 e. The third kappa shape index (κ3) is 4.68. The van der Waals surface area contributed by atoms with Crippen molar-refractivity contribution in [2.75, 3.05) is 18.1 Å². The molecule has 0 saturated carbocycles. The number of anilines is 1. The summed E-state index contributed by atoms with van der Waals surface area (Å²) < 4.78 is 30.6. The summed E-state index contributed by atoms with van der Waals surface area (Å²) in [6, 6.07) is 13.3. The Bertz CT molecular complexity index is 725. The standard InChI is InChI=1S/C15H17NO3S2/c1-11-4-7-13(8-5-11)20-15-10-12(19-2)6-9-14(15)16-21(3,17)18/h4-10,16H,1-3H3. The molecule has 4 nitrogen and oxygen atoms in total. The number of hydrogen-bond acceptors (Lipinski definition) is 4. The van der Waals surface area contributed by atoms with E-state index in [0.29, 0.717) is 11.4 Å². The number of hydrogen-bond donors (Lipinski definition) is 1. The van der Waals surface area contributed by atoms with Gasteiger partial charge in [-0.15, -0.1) is 0 Å². The average Bonchev–Trinajstić information content (AvgIpc) is 2.42.